The van der Waals surface area contributed by atoms with Gasteiger partial charge in [-0.2, -0.15) is 0 Å². The van der Waals surface area contributed by atoms with Crippen LogP contribution in [0.4, 0.5) is 10.5 Å². The van der Waals surface area contributed by atoms with E-state index in [1.807, 2.05) is 70.2 Å². The molecule has 0 aromatic heterocycles. The minimum absolute atomic E-state index is 0.108. The van der Waals surface area contributed by atoms with Crippen molar-refractivity contribution in [1.82, 2.24) is 4.90 Å². The fourth-order valence-corrected chi connectivity index (χ4v) is 4.08. The van der Waals surface area contributed by atoms with Gasteiger partial charge >= 0.3 is 6.09 Å². The zero-order valence-electron chi connectivity index (χ0n) is 19.8. The van der Waals surface area contributed by atoms with Gasteiger partial charge in [-0.1, -0.05) is 31.2 Å². The first kappa shape index (κ1) is 23.6. The van der Waals surface area contributed by atoms with E-state index in [9.17, 15) is 9.59 Å². The summed E-state index contributed by atoms with van der Waals surface area (Å²) in [4.78, 5) is 28.6. The van der Waals surface area contributed by atoms with Crippen LogP contribution in [0, 0.1) is 0 Å². The van der Waals surface area contributed by atoms with E-state index in [2.05, 4.69) is 11.8 Å². The van der Waals surface area contributed by atoms with Crippen LogP contribution in [0.25, 0.3) is 11.1 Å². The van der Waals surface area contributed by atoms with Crippen LogP contribution in [0.2, 0.25) is 0 Å². The van der Waals surface area contributed by atoms with Gasteiger partial charge in [0.25, 0.3) is 0 Å². The van der Waals surface area contributed by atoms with Crippen molar-refractivity contribution < 1.29 is 19.1 Å². The largest absolute Gasteiger partial charge is 0.493 e. The van der Waals surface area contributed by atoms with Gasteiger partial charge in [-0.3, -0.25) is 4.79 Å². The summed E-state index contributed by atoms with van der Waals surface area (Å²) in [6.07, 6.45) is 1.48. The Hall–Kier alpha value is -3.02. The van der Waals surface area contributed by atoms with Gasteiger partial charge in [0.1, 0.15) is 11.4 Å². The van der Waals surface area contributed by atoms with Crippen molar-refractivity contribution in [1.29, 1.82) is 0 Å². The summed E-state index contributed by atoms with van der Waals surface area (Å²) in [7, 11) is 0. The molecule has 1 heterocycles. The Morgan fingerprint density at radius 2 is 1.88 bits per heavy atom. The number of hydrogen-bond donors (Lipinski definition) is 0. The molecule has 6 heteroatoms. The lowest BCUT2D eigenvalue weighted by Crippen LogP contribution is -2.55. The van der Waals surface area contributed by atoms with E-state index >= 15 is 0 Å². The molecule has 0 unspecified atom stereocenters. The number of piperazine rings is 1. The van der Waals surface area contributed by atoms with Crippen LogP contribution in [0.1, 0.15) is 51.4 Å². The lowest BCUT2D eigenvalue weighted by Gasteiger charge is -2.43. The fraction of sp³-hybridized carbons (Fsp3) is 0.462. The van der Waals surface area contributed by atoms with Gasteiger partial charge in [0.15, 0.2) is 6.29 Å². The number of para-hydroxylation sites is 1. The predicted octanol–water partition coefficient (Wildman–Crippen LogP) is 5.40. The molecule has 0 aliphatic carbocycles. The second-order valence-corrected chi connectivity index (χ2v) is 9.00. The maximum Gasteiger partial charge on any atom is 0.410 e. The van der Waals surface area contributed by atoms with Crippen molar-refractivity contribution in [3.8, 4) is 16.9 Å². The summed E-state index contributed by atoms with van der Waals surface area (Å²) in [5.74, 6) is 0.803. The molecule has 172 valence electrons. The molecule has 1 atom stereocenters. The average Bonchev–Trinajstić information content (AvgIpc) is 2.77. The number of aldehydes is 1. The second kappa shape index (κ2) is 10.1. The minimum atomic E-state index is -0.520. The molecule has 1 saturated heterocycles. The minimum Gasteiger partial charge on any atom is -0.493 e. The van der Waals surface area contributed by atoms with Crippen LogP contribution in [0.5, 0.6) is 5.75 Å². The van der Waals surface area contributed by atoms with Gasteiger partial charge in [-0.05, 0) is 57.9 Å². The van der Waals surface area contributed by atoms with Crippen molar-refractivity contribution >= 4 is 18.1 Å². The standard InChI is InChI=1S/C26H34N2O4/c1-6-21-17-27(25(30)32-26(3,4)5)14-15-28(21)23-13-12-19(16-20(23)18-29)22-10-8-9-11-24(22)31-7-2/h8-13,16,18,21H,6-7,14-15,17H2,1-5H3/t21-/m1/s1. The van der Waals surface area contributed by atoms with Crippen LogP contribution in [0.15, 0.2) is 42.5 Å². The molecule has 1 aliphatic heterocycles. The highest BCUT2D eigenvalue weighted by Crippen LogP contribution is 2.34. The second-order valence-electron chi connectivity index (χ2n) is 9.00. The number of anilines is 1. The zero-order chi connectivity index (χ0) is 23.3. The van der Waals surface area contributed by atoms with E-state index in [0.29, 0.717) is 31.8 Å². The molecule has 2 aromatic carbocycles. The van der Waals surface area contributed by atoms with Gasteiger partial charge in [0.2, 0.25) is 0 Å². The monoisotopic (exact) mass is 438 g/mol. The maximum absolute atomic E-state index is 12.5. The number of nitrogens with zero attached hydrogens (tertiary/aromatic N) is 2. The Bertz CT molecular complexity index is 951. The molecule has 3 rings (SSSR count). The van der Waals surface area contributed by atoms with E-state index in [1.54, 1.807) is 4.90 Å². The first-order valence-electron chi connectivity index (χ1n) is 11.3. The smallest absolute Gasteiger partial charge is 0.410 e. The van der Waals surface area contributed by atoms with Crippen molar-refractivity contribution in [3.05, 3.63) is 48.0 Å². The molecule has 32 heavy (non-hydrogen) atoms. The van der Waals surface area contributed by atoms with E-state index in [4.69, 9.17) is 9.47 Å². The summed E-state index contributed by atoms with van der Waals surface area (Å²) in [6, 6.07) is 13.9. The normalized spacial score (nSPS) is 16.6. The van der Waals surface area contributed by atoms with Crippen LogP contribution < -0.4 is 9.64 Å². The van der Waals surface area contributed by atoms with Gasteiger partial charge < -0.3 is 19.3 Å². The first-order valence-corrected chi connectivity index (χ1v) is 11.3. The summed E-state index contributed by atoms with van der Waals surface area (Å²) in [6.45, 7) is 12.0. The topological polar surface area (TPSA) is 59.1 Å². The Labute approximate surface area is 191 Å². The third-order valence-corrected chi connectivity index (χ3v) is 5.57. The SMILES string of the molecule is CCOc1ccccc1-c1ccc(N2CCN(C(=O)OC(C)(C)C)C[C@H]2CC)c(C=O)c1. The Kier molecular flexibility index (Phi) is 7.44. The Balaban J connectivity index is 1.85. The van der Waals surface area contributed by atoms with Gasteiger partial charge in [-0.25, -0.2) is 4.79 Å². The summed E-state index contributed by atoms with van der Waals surface area (Å²) < 4.78 is 11.3. The highest BCUT2D eigenvalue weighted by Gasteiger charge is 2.32. The summed E-state index contributed by atoms with van der Waals surface area (Å²) in [5, 5.41) is 0. The van der Waals surface area contributed by atoms with Gasteiger partial charge in [0, 0.05) is 42.5 Å². The molecule has 1 amide bonds. The van der Waals surface area contributed by atoms with Crippen molar-refractivity contribution in [2.45, 2.75) is 52.7 Å². The zero-order valence-corrected chi connectivity index (χ0v) is 19.8. The fourth-order valence-electron chi connectivity index (χ4n) is 4.08. The predicted molar refractivity (Wildman–Crippen MR) is 128 cm³/mol. The molecular formula is C26H34N2O4. The van der Waals surface area contributed by atoms with E-state index in [1.165, 1.54) is 0 Å². The van der Waals surface area contributed by atoms with Crippen LogP contribution in [-0.4, -0.2) is 55.2 Å². The van der Waals surface area contributed by atoms with E-state index in [-0.39, 0.29) is 12.1 Å². The summed E-state index contributed by atoms with van der Waals surface area (Å²) in [5.41, 5.74) is 2.92. The highest BCUT2D eigenvalue weighted by molar-refractivity contribution is 5.88. The molecule has 0 saturated carbocycles. The van der Waals surface area contributed by atoms with Gasteiger partial charge in [0.05, 0.1) is 6.61 Å². The molecule has 0 radical (unpaired) electrons. The molecular weight excluding hydrogens is 404 g/mol. The first-order chi connectivity index (χ1) is 15.3. The third kappa shape index (κ3) is 5.42. The molecule has 0 N–H and O–H groups in total. The van der Waals surface area contributed by atoms with Crippen molar-refractivity contribution in [2.24, 2.45) is 0 Å². The van der Waals surface area contributed by atoms with Crippen LogP contribution in [0.3, 0.4) is 0 Å². The molecule has 1 aliphatic rings. The molecule has 1 fully saturated rings. The molecule has 6 nitrogen and oxygen atoms in total. The van der Waals surface area contributed by atoms with Crippen LogP contribution in [-0.2, 0) is 4.74 Å². The van der Waals surface area contributed by atoms with Crippen molar-refractivity contribution in [2.75, 3.05) is 31.1 Å². The number of carbonyl (C=O) groups excluding carboxylic acids is 2. The molecule has 2 aromatic rings. The van der Waals surface area contributed by atoms with Gasteiger partial charge in [-0.15, -0.1) is 0 Å². The number of carbonyl (C=O) groups is 2. The van der Waals surface area contributed by atoms with Crippen molar-refractivity contribution in [3.63, 3.8) is 0 Å². The molecule has 0 spiro atoms. The average molecular weight is 439 g/mol. The lowest BCUT2D eigenvalue weighted by atomic mass is 9.99. The summed E-state index contributed by atoms with van der Waals surface area (Å²) >= 11 is 0. The number of amides is 1. The Morgan fingerprint density at radius 3 is 2.53 bits per heavy atom. The number of rotatable bonds is 6. The third-order valence-electron chi connectivity index (χ3n) is 5.57. The number of ether oxygens (including phenoxy) is 2. The van der Waals surface area contributed by atoms with E-state index < -0.39 is 5.60 Å². The highest BCUT2D eigenvalue weighted by atomic mass is 16.6. The maximum atomic E-state index is 12.5. The molecule has 0 bridgehead atoms. The van der Waals surface area contributed by atoms with E-state index in [0.717, 1.165) is 35.3 Å². The number of benzene rings is 2. The Morgan fingerprint density at radius 1 is 1.12 bits per heavy atom. The van der Waals surface area contributed by atoms with Crippen LogP contribution >= 0.6 is 0 Å². The quantitative estimate of drug-likeness (QED) is 0.565. The lowest BCUT2D eigenvalue weighted by molar-refractivity contribution is 0.0213. The number of hydrogen-bond acceptors (Lipinski definition) is 5.